The second-order valence-electron chi connectivity index (χ2n) is 12.8. The second kappa shape index (κ2) is 11.9. The van der Waals surface area contributed by atoms with E-state index in [0.29, 0.717) is 17.5 Å². The quantitative estimate of drug-likeness (QED) is 0.174. The molecule has 0 saturated carbocycles. The van der Waals surface area contributed by atoms with Crippen molar-refractivity contribution in [1.29, 1.82) is 0 Å². The summed E-state index contributed by atoms with van der Waals surface area (Å²) in [6.45, 7) is 0. The van der Waals surface area contributed by atoms with Gasteiger partial charge in [0.25, 0.3) is 0 Å². The minimum atomic E-state index is 0.566. The standard InChI is InChI=1S/C47H29N3O/c1-2-11-30(12-3-1)31-21-25-33(26-22-31)45-48-46(50-47(49-45)41-19-10-18-40-39-17-8-9-20-43(39)51-44(40)41)34-27-23-32(24-28-34)42-29-35-13-4-5-14-36(35)37-15-6-7-16-38(37)42/h1-29H. The Morgan fingerprint density at radius 1 is 0.314 bits per heavy atom. The summed E-state index contributed by atoms with van der Waals surface area (Å²) in [6, 6.07) is 61.1. The minimum Gasteiger partial charge on any atom is -0.455 e. The van der Waals surface area contributed by atoms with E-state index in [1.165, 1.54) is 27.1 Å². The Morgan fingerprint density at radius 3 is 1.59 bits per heavy atom. The van der Waals surface area contributed by atoms with Gasteiger partial charge in [0.15, 0.2) is 17.5 Å². The molecule has 0 radical (unpaired) electrons. The summed E-state index contributed by atoms with van der Waals surface area (Å²) in [4.78, 5) is 15.2. The number of para-hydroxylation sites is 2. The molecule has 51 heavy (non-hydrogen) atoms. The van der Waals surface area contributed by atoms with Gasteiger partial charge in [-0.05, 0) is 62.0 Å². The monoisotopic (exact) mass is 651 g/mol. The van der Waals surface area contributed by atoms with E-state index in [1.54, 1.807) is 0 Å². The summed E-state index contributed by atoms with van der Waals surface area (Å²) in [6.07, 6.45) is 0. The van der Waals surface area contributed by atoms with Crippen molar-refractivity contribution in [3.8, 4) is 56.4 Å². The lowest BCUT2D eigenvalue weighted by Crippen LogP contribution is -2.00. The van der Waals surface area contributed by atoms with Crippen molar-refractivity contribution in [2.75, 3.05) is 0 Å². The van der Waals surface area contributed by atoms with Crippen molar-refractivity contribution in [2.24, 2.45) is 0 Å². The van der Waals surface area contributed by atoms with E-state index in [4.69, 9.17) is 19.4 Å². The smallest absolute Gasteiger partial charge is 0.167 e. The van der Waals surface area contributed by atoms with Crippen LogP contribution in [0.5, 0.6) is 0 Å². The van der Waals surface area contributed by atoms with Crippen LogP contribution in [0.3, 0.4) is 0 Å². The minimum absolute atomic E-state index is 0.566. The molecule has 0 aliphatic heterocycles. The summed E-state index contributed by atoms with van der Waals surface area (Å²) >= 11 is 0. The van der Waals surface area contributed by atoms with Crippen molar-refractivity contribution < 1.29 is 4.42 Å². The van der Waals surface area contributed by atoms with Gasteiger partial charge in [-0.1, -0.05) is 158 Å². The highest BCUT2D eigenvalue weighted by atomic mass is 16.3. The lowest BCUT2D eigenvalue weighted by Gasteiger charge is -2.12. The van der Waals surface area contributed by atoms with Gasteiger partial charge in [0.05, 0.1) is 5.56 Å². The zero-order valence-electron chi connectivity index (χ0n) is 27.5. The third-order valence-electron chi connectivity index (χ3n) is 9.75. The largest absolute Gasteiger partial charge is 0.455 e. The summed E-state index contributed by atoms with van der Waals surface area (Å²) in [5, 5.41) is 7.06. The maximum atomic E-state index is 6.42. The molecule has 2 aromatic heterocycles. The fraction of sp³-hybridized carbons (Fsp3) is 0. The fourth-order valence-corrected chi connectivity index (χ4v) is 7.21. The number of hydrogen-bond donors (Lipinski definition) is 0. The summed E-state index contributed by atoms with van der Waals surface area (Å²) in [5.74, 6) is 1.77. The third kappa shape index (κ3) is 5.04. The molecule has 0 fully saturated rings. The first kappa shape index (κ1) is 29.0. The molecule has 0 saturated heterocycles. The average molecular weight is 652 g/mol. The van der Waals surface area contributed by atoms with Gasteiger partial charge in [-0.15, -0.1) is 0 Å². The number of aromatic nitrogens is 3. The number of benzene rings is 8. The lowest BCUT2D eigenvalue weighted by molar-refractivity contribution is 0.669. The Morgan fingerprint density at radius 2 is 0.843 bits per heavy atom. The van der Waals surface area contributed by atoms with Gasteiger partial charge < -0.3 is 4.42 Å². The van der Waals surface area contributed by atoms with Gasteiger partial charge >= 0.3 is 0 Å². The lowest BCUT2D eigenvalue weighted by atomic mass is 9.93. The highest BCUT2D eigenvalue weighted by Gasteiger charge is 2.18. The van der Waals surface area contributed by atoms with Crippen molar-refractivity contribution >= 4 is 43.5 Å². The van der Waals surface area contributed by atoms with E-state index >= 15 is 0 Å². The first-order valence-electron chi connectivity index (χ1n) is 17.1. The zero-order chi connectivity index (χ0) is 33.7. The summed E-state index contributed by atoms with van der Waals surface area (Å²) in [7, 11) is 0. The molecule has 238 valence electrons. The summed E-state index contributed by atoms with van der Waals surface area (Å²) < 4.78 is 6.42. The first-order valence-corrected chi connectivity index (χ1v) is 17.1. The molecular weight excluding hydrogens is 623 g/mol. The van der Waals surface area contributed by atoms with E-state index in [9.17, 15) is 0 Å². The molecule has 8 aromatic carbocycles. The van der Waals surface area contributed by atoms with E-state index in [1.807, 2.05) is 36.4 Å². The fourth-order valence-electron chi connectivity index (χ4n) is 7.21. The predicted molar refractivity (Wildman–Crippen MR) is 209 cm³/mol. The molecule has 10 aromatic rings. The van der Waals surface area contributed by atoms with Crippen LogP contribution in [0.15, 0.2) is 180 Å². The highest BCUT2D eigenvalue weighted by molar-refractivity contribution is 6.14. The predicted octanol–water partition coefficient (Wildman–Crippen LogP) is 12.4. The highest BCUT2D eigenvalue weighted by Crippen LogP contribution is 2.38. The molecule has 4 nitrogen and oxygen atoms in total. The van der Waals surface area contributed by atoms with Gasteiger partial charge in [0.1, 0.15) is 11.2 Å². The number of furan rings is 1. The molecule has 0 amide bonds. The number of hydrogen-bond acceptors (Lipinski definition) is 4. The molecule has 10 rings (SSSR count). The average Bonchev–Trinajstić information content (AvgIpc) is 3.60. The third-order valence-corrected chi connectivity index (χ3v) is 9.75. The number of fused-ring (bicyclic) bond motifs is 6. The number of rotatable bonds is 5. The van der Waals surface area contributed by atoms with Gasteiger partial charge in [-0.25, -0.2) is 15.0 Å². The van der Waals surface area contributed by atoms with Crippen LogP contribution < -0.4 is 0 Å². The normalized spacial score (nSPS) is 11.5. The van der Waals surface area contributed by atoms with Gasteiger partial charge in [-0.3, -0.25) is 0 Å². The van der Waals surface area contributed by atoms with Crippen LogP contribution in [-0.4, -0.2) is 15.0 Å². The maximum Gasteiger partial charge on any atom is 0.167 e. The molecule has 0 N–H and O–H groups in total. The first-order chi connectivity index (χ1) is 25.3. The van der Waals surface area contributed by atoms with Gasteiger partial charge in [0, 0.05) is 21.9 Å². The molecule has 0 bridgehead atoms. The van der Waals surface area contributed by atoms with Crippen LogP contribution in [0, 0.1) is 0 Å². The molecular formula is C47H29N3O. The molecule has 2 heterocycles. The van der Waals surface area contributed by atoms with Crippen molar-refractivity contribution in [3.05, 3.63) is 176 Å². The molecule has 0 aliphatic rings. The van der Waals surface area contributed by atoms with Crippen LogP contribution in [0.4, 0.5) is 0 Å². The van der Waals surface area contributed by atoms with Gasteiger partial charge in [-0.2, -0.15) is 0 Å². The van der Waals surface area contributed by atoms with E-state index in [0.717, 1.165) is 55.3 Å². The molecule has 4 heteroatoms. The Hall–Kier alpha value is -6.91. The van der Waals surface area contributed by atoms with E-state index < -0.39 is 0 Å². The second-order valence-corrected chi connectivity index (χ2v) is 12.8. The Kier molecular flexibility index (Phi) is 6.78. The topological polar surface area (TPSA) is 51.8 Å². The van der Waals surface area contributed by atoms with Crippen LogP contribution in [0.2, 0.25) is 0 Å². The van der Waals surface area contributed by atoms with E-state index in [2.05, 4.69) is 140 Å². The SMILES string of the molecule is c1ccc(-c2ccc(-c3nc(-c4ccc(-c5cc6ccccc6c6ccccc56)cc4)nc(-c4cccc5c4oc4ccccc45)n3)cc2)cc1. The maximum absolute atomic E-state index is 6.42. The molecule has 0 spiro atoms. The Bertz CT molecular complexity index is 2890. The van der Waals surface area contributed by atoms with Gasteiger partial charge in [0.2, 0.25) is 0 Å². The van der Waals surface area contributed by atoms with Crippen molar-refractivity contribution in [1.82, 2.24) is 15.0 Å². The number of nitrogens with zero attached hydrogens (tertiary/aromatic N) is 3. The Labute approximate surface area is 294 Å². The molecule has 0 unspecified atom stereocenters. The van der Waals surface area contributed by atoms with Crippen LogP contribution in [-0.2, 0) is 0 Å². The summed E-state index contributed by atoms with van der Waals surface area (Å²) in [5.41, 5.74) is 8.88. The van der Waals surface area contributed by atoms with Crippen LogP contribution in [0.1, 0.15) is 0 Å². The van der Waals surface area contributed by atoms with Crippen molar-refractivity contribution in [3.63, 3.8) is 0 Å². The Balaban J connectivity index is 1.12. The van der Waals surface area contributed by atoms with E-state index in [-0.39, 0.29) is 0 Å². The molecule has 0 aliphatic carbocycles. The van der Waals surface area contributed by atoms with Crippen LogP contribution in [0.25, 0.3) is 99.9 Å². The van der Waals surface area contributed by atoms with Crippen LogP contribution >= 0.6 is 0 Å². The molecule has 0 atom stereocenters. The van der Waals surface area contributed by atoms with Crippen molar-refractivity contribution in [2.45, 2.75) is 0 Å². The zero-order valence-corrected chi connectivity index (χ0v) is 27.5.